The molecule has 4 atom stereocenters. The molecule has 148 valence electrons. The first-order chi connectivity index (χ1) is 13.6. The average molecular weight is 384 g/mol. The smallest absolute Gasteiger partial charge is 0.123 e. The van der Waals surface area contributed by atoms with Gasteiger partial charge in [0.25, 0.3) is 0 Å². The van der Waals surface area contributed by atoms with Crippen LogP contribution in [0, 0.1) is 11.6 Å². The highest BCUT2D eigenvalue weighted by Crippen LogP contribution is 2.47. The standard InChI is InChI=1S/C23H26F2N2O/c24-16-3-1-15(2-4-16)21-13-23(22-11-17(25)5-6-20(21)22)27-10-9-26-8-7-19(28)12-18(26)14-27/h1-6,11,18-19,21,23,28H,7-10,12-14H2. The second-order valence-corrected chi connectivity index (χ2v) is 8.49. The molecule has 4 unspecified atom stereocenters. The van der Waals surface area contributed by atoms with Gasteiger partial charge in [-0.15, -0.1) is 0 Å². The van der Waals surface area contributed by atoms with E-state index in [0.29, 0.717) is 6.04 Å². The van der Waals surface area contributed by atoms with Crippen LogP contribution in [0.1, 0.15) is 47.9 Å². The Morgan fingerprint density at radius 3 is 2.39 bits per heavy atom. The summed E-state index contributed by atoms with van der Waals surface area (Å²) in [6, 6.07) is 12.4. The summed E-state index contributed by atoms with van der Waals surface area (Å²) in [5.74, 6) is -0.268. The fraction of sp³-hybridized carbons (Fsp3) is 0.478. The van der Waals surface area contributed by atoms with E-state index in [2.05, 4.69) is 9.80 Å². The van der Waals surface area contributed by atoms with Crippen LogP contribution in [0.5, 0.6) is 0 Å². The molecule has 2 saturated heterocycles. The van der Waals surface area contributed by atoms with E-state index in [4.69, 9.17) is 0 Å². The van der Waals surface area contributed by atoms with Crippen LogP contribution in [0.25, 0.3) is 0 Å². The molecular formula is C23H26F2N2O. The van der Waals surface area contributed by atoms with Crippen molar-refractivity contribution in [2.45, 2.75) is 43.4 Å². The maximum atomic E-state index is 14.1. The van der Waals surface area contributed by atoms with Crippen LogP contribution in [0.2, 0.25) is 0 Å². The number of piperidine rings is 1. The van der Waals surface area contributed by atoms with Crippen molar-refractivity contribution in [1.29, 1.82) is 0 Å². The summed E-state index contributed by atoms with van der Waals surface area (Å²) in [5, 5.41) is 10.1. The lowest BCUT2D eigenvalue weighted by molar-refractivity contribution is -0.0169. The van der Waals surface area contributed by atoms with E-state index in [1.807, 2.05) is 18.2 Å². The second-order valence-electron chi connectivity index (χ2n) is 8.49. The molecular weight excluding hydrogens is 358 g/mol. The molecule has 0 bridgehead atoms. The third kappa shape index (κ3) is 3.25. The first-order valence-electron chi connectivity index (χ1n) is 10.3. The van der Waals surface area contributed by atoms with Gasteiger partial charge in [-0.2, -0.15) is 0 Å². The van der Waals surface area contributed by atoms with Gasteiger partial charge in [0, 0.05) is 44.2 Å². The number of aliphatic hydroxyl groups excluding tert-OH is 1. The molecule has 0 amide bonds. The zero-order valence-electron chi connectivity index (χ0n) is 15.9. The summed E-state index contributed by atoms with van der Waals surface area (Å²) in [5.41, 5.74) is 3.31. The van der Waals surface area contributed by atoms with Crippen LogP contribution in [0.15, 0.2) is 42.5 Å². The monoisotopic (exact) mass is 384 g/mol. The molecule has 28 heavy (non-hydrogen) atoms. The molecule has 0 aromatic heterocycles. The SMILES string of the molecule is OC1CCN2CCN(C3CC(c4ccc(F)cc4)c4ccc(F)cc43)CC2C1. The van der Waals surface area contributed by atoms with E-state index in [1.165, 1.54) is 18.2 Å². The number of benzene rings is 2. The van der Waals surface area contributed by atoms with Crippen LogP contribution < -0.4 is 0 Å². The van der Waals surface area contributed by atoms with Gasteiger partial charge in [-0.3, -0.25) is 9.80 Å². The molecule has 1 aliphatic carbocycles. The van der Waals surface area contributed by atoms with Crippen molar-refractivity contribution in [3.05, 3.63) is 70.8 Å². The molecule has 0 radical (unpaired) electrons. The van der Waals surface area contributed by atoms with E-state index in [-0.39, 0.29) is 29.7 Å². The van der Waals surface area contributed by atoms with Crippen LogP contribution in [0.4, 0.5) is 8.78 Å². The fourth-order valence-corrected chi connectivity index (χ4v) is 5.45. The van der Waals surface area contributed by atoms with Gasteiger partial charge in [0.05, 0.1) is 6.10 Å². The molecule has 2 aliphatic heterocycles. The topological polar surface area (TPSA) is 26.7 Å². The molecule has 3 nitrogen and oxygen atoms in total. The lowest BCUT2D eigenvalue weighted by Crippen LogP contribution is -2.57. The predicted molar refractivity (Wildman–Crippen MR) is 104 cm³/mol. The van der Waals surface area contributed by atoms with Crippen molar-refractivity contribution in [2.75, 3.05) is 26.2 Å². The Hall–Kier alpha value is -1.82. The van der Waals surface area contributed by atoms with Crippen molar-refractivity contribution in [2.24, 2.45) is 0 Å². The molecule has 5 rings (SSSR count). The highest BCUT2D eigenvalue weighted by molar-refractivity contribution is 5.45. The van der Waals surface area contributed by atoms with Gasteiger partial charge in [0.2, 0.25) is 0 Å². The summed E-state index contributed by atoms with van der Waals surface area (Å²) in [6.45, 7) is 3.84. The normalized spacial score (nSPS) is 30.8. The largest absolute Gasteiger partial charge is 0.393 e. The minimum atomic E-state index is -0.232. The number of piperazine rings is 1. The Bertz CT molecular complexity index is 856. The van der Waals surface area contributed by atoms with E-state index in [1.54, 1.807) is 6.07 Å². The van der Waals surface area contributed by atoms with Gasteiger partial charge in [0.15, 0.2) is 0 Å². The fourth-order valence-electron chi connectivity index (χ4n) is 5.45. The number of aliphatic hydroxyl groups is 1. The minimum Gasteiger partial charge on any atom is -0.393 e. The highest BCUT2D eigenvalue weighted by Gasteiger charge is 2.40. The molecule has 2 aromatic carbocycles. The van der Waals surface area contributed by atoms with Gasteiger partial charge >= 0.3 is 0 Å². The quantitative estimate of drug-likeness (QED) is 0.856. The number of fused-ring (bicyclic) bond motifs is 2. The van der Waals surface area contributed by atoms with E-state index < -0.39 is 0 Å². The zero-order valence-corrected chi connectivity index (χ0v) is 15.9. The molecule has 1 N–H and O–H groups in total. The maximum Gasteiger partial charge on any atom is 0.123 e. The second kappa shape index (κ2) is 7.21. The van der Waals surface area contributed by atoms with Crippen molar-refractivity contribution in [1.82, 2.24) is 9.80 Å². The van der Waals surface area contributed by atoms with Gasteiger partial charge in [-0.05, 0) is 60.2 Å². The van der Waals surface area contributed by atoms with Crippen molar-refractivity contribution in [3.8, 4) is 0 Å². The highest BCUT2D eigenvalue weighted by atomic mass is 19.1. The number of hydrogen-bond donors (Lipinski definition) is 1. The summed E-state index contributed by atoms with van der Waals surface area (Å²) in [4.78, 5) is 4.96. The summed E-state index contributed by atoms with van der Waals surface area (Å²) in [7, 11) is 0. The molecule has 0 spiro atoms. The van der Waals surface area contributed by atoms with Gasteiger partial charge < -0.3 is 5.11 Å². The first kappa shape index (κ1) is 18.2. The lowest BCUT2D eigenvalue weighted by atomic mass is 9.93. The zero-order chi connectivity index (χ0) is 19.3. The van der Waals surface area contributed by atoms with Crippen LogP contribution in [0.3, 0.4) is 0 Å². The Labute approximate surface area is 164 Å². The van der Waals surface area contributed by atoms with Crippen molar-refractivity contribution in [3.63, 3.8) is 0 Å². The molecule has 0 saturated carbocycles. The molecule has 2 fully saturated rings. The average Bonchev–Trinajstić information content (AvgIpc) is 3.06. The van der Waals surface area contributed by atoms with Gasteiger partial charge in [0.1, 0.15) is 11.6 Å². The lowest BCUT2D eigenvalue weighted by Gasteiger charge is -2.47. The van der Waals surface area contributed by atoms with E-state index in [0.717, 1.165) is 62.1 Å². The van der Waals surface area contributed by atoms with Crippen LogP contribution >= 0.6 is 0 Å². The predicted octanol–water partition coefficient (Wildman–Crippen LogP) is 3.68. The number of rotatable bonds is 2. The van der Waals surface area contributed by atoms with Crippen molar-refractivity contribution < 1.29 is 13.9 Å². The third-order valence-corrected chi connectivity index (χ3v) is 6.89. The van der Waals surface area contributed by atoms with Crippen molar-refractivity contribution >= 4 is 0 Å². The Balaban J connectivity index is 1.44. The third-order valence-electron chi connectivity index (χ3n) is 6.89. The van der Waals surface area contributed by atoms with E-state index >= 15 is 0 Å². The maximum absolute atomic E-state index is 14.1. The van der Waals surface area contributed by atoms with Gasteiger partial charge in [-0.25, -0.2) is 8.78 Å². The number of halogens is 2. The van der Waals surface area contributed by atoms with Gasteiger partial charge in [-0.1, -0.05) is 18.2 Å². The summed E-state index contributed by atoms with van der Waals surface area (Å²) >= 11 is 0. The van der Waals surface area contributed by atoms with Crippen LogP contribution in [-0.4, -0.2) is 53.2 Å². The molecule has 2 aromatic rings. The Morgan fingerprint density at radius 2 is 1.57 bits per heavy atom. The molecule has 2 heterocycles. The van der Waals surface area contributed by atoms with Crippen LogP contribution in [-0.2, 0) is 0 Å². The number of hydrogen-bond acceptors (Lipinski definition) is 3. The Morgan fingerprint density at radius 1 is 0.821 bits per heavy atom. The summed E-state index contributed by atoms with van der Waals surface area (Å²) in [6.07, 6.45) is 2.36. The Kier molecular flexibility index (Phi) is 4.69. The molecule has 3 aliphatic rings. The van der Waals surface area contributed by atoms with E-state index in [9.17, 15) is 13.9 Å². The number of nitrogens with zero attached hydrogens (tertiary/aromatic N) is 2. The minimum absolute atomic E-state index is 0.163. The first-order valence-corrected chi connectivity index (χ1v) is 10.3. The summed E-state index contributed by atoms with van der Waals surface area (Å²) < 4.78 is 27.5. The molecule has 5 heteroatoms.